The molecule has 1 N–H and O–H groups in total. The molecule has 19 heavy (non-hydrogen) atoms. The number of sulfonamides is 1. The molecule has 0 atom stereocenters. The summed E-state index contributed by atoms with van der Waals surface area (Å²) >= 11 is 0. The van der Waals surface area contributed by atoms with Gasteiger partial charge in [0, 0.05) is 6.54 Å². The van der Waals surface area contributed by atoms with Crippen LogP contribution in [0.4, 0.5) is 0 Å². The Morgan fingerprint density at radius 2 is 1.84 bits per heavy atom. The first-order valence-corrected chi connectivity index (χ1v) is 7.74. The molecule has 0 bridgehead atoms. The van der Waals surface area contributed by atoms with E-state index in [2.05, 4.69) is 5.92 Å². The number of hydrogen-bond acceptors (Lipinski definition) is 3. The zero-order chi connectivity index (χ0) is 14.3. The van der Waals surface area contributed by atoms with Gasteiger partial charge in [0.05, 0.1) is 18.9 Å². The van der Waals surface area contributed by atoms with E-state index in [-0.39, 0.29) is 18.9 Å². The first-order valence-electron chi connectivity index (χ1n) is 6.13. The van der Waals surface area contributed by atoms with Gasteiger partial charge in [-0.2, -0.15) is 4.31 Å². The second-order valence-corrected chi connectivity index (χ2v) is 6.24. The third-order valence-corrected chi connectivity index (χ3v) is 4.49. The second kappa shape index (κ2) is 7.29. The Hall–Kier alpha value is -1.35. The van der Waals surface area contributed by atoms with Crippen molar-refractivity contribution in [1.82, 2.24) is 4.31 Å². The Kier molecular flexibility index (Phi) is 6.03. The minimum atomic E-state index is -3.39. The van der Waals surface area contributed by atoms with E-state index in [0.29, 0.717) is 12.1 Å². The van der Waals surface area contributed by atoms with Gasteiger partial charge in [0.2, 0.25) is 10.0 Å². The molecule has 104 valence electrons. The van der Waals surface area contributed by atoms with E-state index in [1.165, 1.54) is 4.31 Å². The first-order chi connectivity index (χ1) is 9.03. The van der Waals surface area contributed by atoms with Crippen molar-refractivity contribution in [3.05, 3.63) is 35.4 Å². The summed E-state index contributed by atoms with van der Waals surface area (Å²) in [5.41, 5.74) is 1.45. The lowest BCUT2D eigenvalue weighted by Crippen LogP contribution is -2.33. The summed E-state index contributed by atoms with van der Waals surface area (Å²) in [6.45, 7) is 2.40. The largest absolute Gasteiger partial charge is 0.392 e. The molecule has 0 heterocycles. The van der Waals surface area contributed by atoms with Crippen molar-refractivity contribution in [3.63, 3.8) is 0 Å². The SMILES string of the molecule is C#CCN(CCC)S(=O)(=O)Cc1ccc(CO)cc1. The molecule has 4 nitrogen and oxygen atoms in total. The van der Waals surface area contributed by atoms with Gasteiger partial charge >= 0.3 is 0 Å². The molecule has 0 unspecified atom stereocenters. The molecule has 1 rings (SSSR count). The van der Waals surface area contributed by atoms with E-state index in [0.717, 1.165) is 12.0 Å². The maximum Gasteiger partial charge on any atom is 0.219 e. The van der Waals surface area contributed by atoms with E-state index >= 15 is 0 Å². The minimum absolute atomic E-state index is 0.0495. The van der Waals surface area contributed by atoms with Gasteiger partial charge in [-0.3, -0.25) is 0 Å². The quantitative estimate of drug-likeness (QED) is 0.768. The minimum Gasteiger partial charge on any atom is -0.392 e. The Morgan fingerprint density at radius 1 is 1.26 bits per heavy atom. The van der Waals surface area contributed by atoms with Gasteiger partial charge in [0.25, 0.3) is 0 Å². The van der Waals surface area contributed by atoms with Crippen LogP contribution in [0.2, 0.25) is 0 Å². The maximum atomic E-state index is 12.2. The number of aliphatic hydroxyl groups excluding tert-OH is 1. The average Bonchev–Trinajstić information content (AvgIpc) is 2.39. The van der Waals surface area contributed by atoms with Crippen LogP contribution < -0.4 is 0 Å². The van der Waals surface area contributed by atoms with Crippen LogP contribution in [0.25, 0.3) is 0 Å². The molecule has 0 aliphatic rings. The molecule has 0 fully saturated rings. The molecular formula is C14H19NO3S. The molecule has 0 aliphatic heterocycles. The Bertz CT molecular complexity index is 529. The molecule has 5 heteroatoms. The van der Waals surface area contributed by atoms with Crippen molar-refractivity contribution in [3.8, 4) is 12.3 Å². The topological polar surface area (TPSA) is 57.6 Å². The fourth-order valence-corrected chi connectivity index (χ4v) is 3.24. The van der Waals surface area contributed by atoms with Crippen LogP contribution in [0.1, 0.15) is 24.5 Å². The van der Waals surface area contributed by atoms with E-state index in [1.807, 2.05) is 6.92 Å². The van der Waals surface area contributed by atoms with Crippen LogP contribution in [0.3, 0.4) is 0 Å². The Morgan fingerprint density at radius 3 is 2.32 bits per heavy atom. The van der Waals surface area contributed by atoms with E-state index in [4.69, 9.17) is 11.5 Å². The molecular weight excluding hydrogens is 262 g/mol. The van der Waals surface area contributed by atoms with Crippen LogP contribution in [-0.2, 0) is 22.4 Å². The van der Waals surface area contributed by atoms with Crippen molar-refractivity contribution in [2.45, 2.75) is 25.7 Å². The van der Waals surface area contributed by atoms with E-state index in [9.17, 15) is 8.42 Å². The zero-order valence-electron chi connectivity index (χ0n) is 11.0. The van der Waals surface area contributed by atoms with Gasteiger partial charge in [-0.1, -0.05) is 37.1 Å². The third kappa shape index (κ3) is 4.67. The first kappa shape index (κ1) is 15.7. The molecule has 1 aromatic rings. The second-order valence-electron chi connectivity index (χ2n) is 4.27. The van der Waals surface area contributed by atoms with Gasteiger partial charge in [-0.15, -0.1) is 6.42 Å². The molecule has 1 aromatic carbocycles. The number of rotatable bonds is 7. The summed E-state index contributed by atoms with van der Waals surface area (Å²) in [5, 5.41) is 8.94. The molecule has 0 spiro atoms. The highest BCUT2D eigenvalue weighted by molar-refractivity contribution is 7.88. The van der Waals surface area contributed by atoms with Crippen LogP contribution >= 0.6 is 0 Å². The highest BCUT2D eigenvalue weighted by Crippen LogP contribution is 2.12. The lowest BCUT2D eigenvalue weighted by Gasteiger charge is -2.19. The predicted octanol–water partition coefficient (Wildman–Crippen LogP) is 1.35. The van der Waals surface area contributed by atoms with Crippen molar-refractivity contribution in [2.75, 3.05) is 13.1 Å². The molecule has 0 aromatic heterocycles. The molecule has 0 saturated heterocycles. The average molecular weight is 281 g/mol. The number of hydrogen-bond donors (Lipinski definition) is 1. The van der Waals surface area contributed by atoms with Gasteiger partial charge < -0.3 is 5.11 Å². The maximum absolute atomic E-state index is 12.2. The van der Waals surface area contributed by atoms with Crippen molar-refractivity contribution < 1.29 is 13.5 Å². The number of benzene rings is 1. The van der Waals surface area contributed by atoms with Crippen molar-refractivity contribution in [1.29, 1.82) is 0 Å². The lowest BCUT2D eigenvalue weighted by atomic mass is 10.2. The lowest BCUT2D eigenvalue weighted by molar-refractivity contribution is 0.282. The van der Waals surface area contributed by atoms with Crippen molar-refractivity contribution >= 4 is 10.0 Å². The van der Waals surface area contributed by atoms with E-state index < -0.39 is 10.0 Å². The number of nitrogens with zero attached hydrogens (tertiary/aromatic N) is 1. The summed E-state index contributed by atoms with van der Waals surface area (Å²) in [6.07, 6.45) is 5.93. The normalized spacial score (nSPS) is 11.5. The van der Waals surface area contributed by atoms with Crippen LogP contribution in [0, 0.1) is 12.3 Å². The summed E-state index contributed by atoms with van der Waals surface area (Å²) in [7, 11) is -3.39. The zero-order valence-corrected chi connectivity index (χ0v) is 11.9. The van der Waals surface area contributed by atoms with Gasteiger partial charge in [0.1, 0.15) is 0 Å². The fourth-order valence-electron chi connectivity index (χ4n) is 1.71. The summed E-state index contributed by atoms with van der Waals surface area (Å²) < 4.78 is 25.8. The fraction of sp³-hybridized carbons (Fsp3) is 0.429. The predicted molar refractivity (Wildman–Crippen MR) is 75.7 cm³/mol. The molecule has 0 amide bonds. The van der Waals surface area contributed by atoms with Crippen LogP contribution in [0.15, 0.2) is 24.3 Å². The third-order valence-electron chi connectivity index (χ3n) is 2.69. The van der Waals surface area contributed by atoms with Gasteiger partial charge in [0.15, 0.2) is 0 Å². The Labute approximate surface area is 115 Å². The highest BCUT2D eigenvalue weighted by atomic mass is 32.2. The summed E-state index contributed by atoms with van der Waals surface area (Å²) in [5.74, 6) is 2.31. The molecule has 0 radical (unpaired) electrons. The highest BCUT2D eigenvalue weighted by Gasteiger charge is 2.20. The Balaban J connectivity index is 2.84. The van der Waals surface area contributed by atoms with Crippen LogP contribution in [0.5, 0.6) is 0 Å². The van der Waals surface area contributed by atoms with E-state index in [1.54, 1.807) is 24.3 Å². The van der Waals surface area contributed by atoms with Gasteiger partial charge in [-0.05, 0) is 17.5 Å². The number of terminal acetylenes is 1. The standard InChI is InChI=1S/C14H19NO3S/c1-3-9-15(10-4-2)19(17,18)12-14-7-5-13(11-16)6-8-14/h1,5-8,16H,4,9-12H2,2H3. The van der Waals surface area contributed by atoms with Crippen molar-refractivity contribution in [2.24, 2.45) is 0 Å². The summed E-state index contributed by atoms with van der Waals surface area (Å²) in [4.78, 5) is 0. The van der Waals surface area contributed by atoms with Crippen LogP contribution in [-0.4, -0.2) is 30.9 Å². The molecule has 0 aliphatic carbocycles. The molecule has 0 saturated carbocycles. The van der Waals surface area contributed by atoms with Gasteiger partial charge in [-0.25, -0.2) is 8.42 Å². The smallest absolute Gasteiger partial charge is 0.219 e. The summed E-state index contributed by atoms with van der Waals surface area (Å²) in [6, 6.07) is 6.86. The monoisotopic (exact) mass is 281 g/mol. The number of aliphatic hydroxyl groups is 1.